The van der Waals surface area contributed by atoms with Gasteiger partial charge in [-0.05, 0) is 49.0 Å². The normalized spacial score (nSPS) is 25.6. The minimum Gasteiger partial charge on any atom is -0.478 e. The maximum atomic E-state index is 12.9. The van der Waals surface area contributed by atoms with Crippen molar-refractivity contribution in [2.24, 2.45) is 10.8 Å². The number of carbonyl (C=O) groups is 2. The highest BCUT2D eigenvalue weighted by molar-refractivity contribution is 5.94. The van der Waals surface area contributed by atoms with Gasteiger partial charge in [-0.3, -0.25) is 4.79 Å². The van der Waals surface area contributed by atoms with Gasteiger partial charge in [-0.25, -0.2) is 4.79 Å². The summed E-state index contributed by atoms with van der Waals surface area (Å²) in [5, 5.41) is 9.17. The molecule has 0 fully saturated rings. The molecular weight excluding hydrogens is 362 g/mol. The third-order valence-corrected chi connectivity index (χ3v) is 6.86. The smallest absolute Gasteiger partial charge is 0.335 e. The number of fused-ring (bicyclic) bond motifs is 1. The number of carbonyl (C=O) groups excluding carboxylic acids is 1. The molecular formula is C25H29NO3. The first-order valence-corrected chi connectivity index (χ1v) is 10.5. The highest BCUT2D eigenvalue weighted by Gasteiger charge is 2.46. The Kier molecular flexibility index (Phi) is 4.76. The van der Waals surface area contributed by atoms with Gasteiger partial charge in [0.05, 0.1) is 5.56 Å². The Morgan fingerprint density at radius 2 is 1.76 bits per heavy atom. The van der Waals surface area contributed by atoms with Crippen LogP contribution in [0.1, 0.15) is 62.4 Å². The van der Waals surface area contributed by atoms with Crippen LogP contribution < -0.4 is 0 Å². The van der Waals surface area contributed by atoms with Crippen molar-refractivity contribution in [3.05, 3.63) is 64.8 Å². The van der Waals surface area contributed by atoms with Gasteiger partial charge in [-0.15, -0.1) is 0 Å². The van der Waals surface area contributed by atoms with Gasteiger partial charge >= 0.3 is 5.97 Å². The molecule has 0 unspecified atom stereocenters. The summed E-state index contributed by atoms with van der Waals surface area (Å²) in [5.74, 6) is -0.700. The second-order valence-corrected chi connectivity index (χ2v) is 9.32. The highest BCUT2D eigenvalue weighted by Crippen LogP contribution is 2.55. The number of carboxylic acids is 1. The highest BCUT2D eigenvalue weighted by atomic mass is 16.4. The number of rotatable bonds is 3. The zero-order valence-corrected chi connectivity index (χ0v) is 17.5. The molecule has 4 heteroatoms. The zero-order chi connectivity index (χ0) is 20.8. The van der Waals surface area contributed by atoms with E-state index >= 15 is 0 Å². The summed E-state index contributed by atoms with van der Waals surface area (Å²) in [6, 6.07) is 7.16. The van der Waals surface area contributed by atoms with Crippen LogP contribution in [0.25, 0.3) is 5.57 Å². The molecule has 4 rings (SSSR count). The Balaban J connectivity index is 1.62. The maximum absolute atomic E-state index is 12.9. The van der Waals surface area contributed by atoms with Gasteiger partial charge in [-0.1, -0.05) is 56.7 Å². The Hall–Kier alpha value is -2.62. The van der Waals surface area contributed by atoms with Crippen LogP contribution in [0.4, 0.5) is 0 Å². The van der Waals surface area contributed by atoms with E-state index in [2.05, 4.69) is 39.0 Å². The standard InChI is InChI=1S/C25H29NO3/c1-24(2)20(17-8-10-19(11-9-17)23(28)29)12-14-25(3)16-26(15-13-21(24)25)22(27)18-6-4-5-7-18/h6,8-13H,4-5,7,14-16H2,1-3H3,(H,28,29)/t25-/m1/s1. The summed E-state index contributed by atoms with van der Waals surface area (Å²) in [7, 11) is 0. The molecule has 3 aliphatic rings. The molecule has 1 aromatic carbocycles. The van der Waals surface area contributed by atoms with Crippen LogP contribution in [0, 0.1) is 10.8 Å². The minimum absolute atomic E-state index is 0.0684. The number of aromatic carboxylic acids is 1. The van der Waals surface area contributed by atoms with Crippen LogP contribution in [-0.4, -0.2) is 35.0 Å². The minimum atomic E-state index is -0.905. The van der Waals surface area contributed by atoms with Gasteiger partial charge in [0.25, 0.3) is 0 Å². The van der Waals surface area contributed by atoms with E-state index in [-0.39, 0.29) is 16.7 Å². The Bertz CT molecular complexity index is 949. The van der Waals surface area contributed by atoms with E-state index < -0.39 is 5.97 Å². The molecule has 1 atom stereocenters. The molecule has 0 radical (unpaired) electrons. The zero-order valence-electron chi connectivity index (χ0n) is 17.5. The summed E-state index contributed by atoms with van der Waals surface area (Å²) in [6.07, 6.45) is 10.5. The number of carboxylic acid groups (broad SMARTS) is 1. The lowest BCUT2D eigenvalue weighted by Crippen LogP contribution is -2.49. The third-order valence-electron chi connectivity index (χ3n) is 6.86. The lowest BCUT2D eigenvalue weighted by molar-refractivity contribution is -0.128. The van der Waals surface area contributed by atoms with Crippen molar-refractivity contribution in [2.45, 2.75) is 46.5 Å². The maximum Gasteiger partial charge on any atom is 0.335 e. The fourth-order valence-corrected chi connectivity index (χ4v) is 5.42. The fraction of sp³-hybridized carbons (Fsp3) is 0.440. The number of hydrogen-bond acceptors (Lipinski definition) is 2. The van der Waals surface area contributed by atoms with Gasteiger partial charge in [0.1, 0.15) is 0 Å². The van der Waals surface area contributed by atoms with Crippen molar-refractivity contribution in [1.29, 1.82) is 0 Å². The predicted molar refractivity (Wildman–Crippen MR) is 114 cm³/mol. The second kappa shape index (κ2) is 7.01. The Labute approximate surface area is 172 Å². The van der Waals surface area contributed by atoms with Gasteiger partial charge in [0.2, 0.25) is 5.91 Å². The van der Waals surface area contributed by atoms with E-state index in [0.29, 0.717) is 12.1 Å². The van der Waals surface area contributed by atoms with Crippen LogP contribution in [0.5, 0.6) is 0 Å². The molecule has 2 aliphatic carbocycles. The van der Waals surface area contributed by atoms with Gasteiger partial charge in [0.15, 0.2) is 0 Å². The van der Waals surface area contributed by atoms with Crippen LogP contribution in [-0.2, 0) is 4.79 Å². The summed E-state index contributed by atoms with van der Waals surface area (Å²) in [5.41, 5.74) is 4.74. The summed E-state index contributed by atoms with van der Waals surface area (Å²) >= 11 is 0. The molecule has 0 bridgehead atoms. The lowest BCUT2D eigenvalue weighted by atomic mass is 9.58. The largest absolute Gasteiger partial charge is 0.478 e. The van der Waals surface area contributed by atoms with Crippen molar-refractivity contribution < 1.29 is 14.7 Å². The molecule has 0 aromatic heterocycles. The van der Waals surface area contributed by atoms with Crippen molar-refractivity contribution in [1.82, 2.24) is 4.90 Å². The molecule has 1 aromatic rings. The van der Waals surface area contributed by atoms with Crippen molar-refractivity contribution in [2.75, 3.05) is 13.1 Å². The number of nitrogens with zero attached hydrogens (tertiary/aromatic N) is 1. The quantitative estimate of drug-likeness (QED) is 0.731. The van der Waals surface area contributed by atoms with Crippen LogP contribution >= 0.6 is 0 Å². The molecule has 1 N–H and O–H groups in total. The van der Waals surface area contributed by atoms with Gasteiger partial charge in [-0.2, -0.15) is 0 Å². The number of amides is 1. The van der Waals surface area contributed by atoms with Gasteiger partial charge < -0.3 is 10.0 Å². The molecule has 1 heterocycles. The monoisotopic (exact) mass is 391 g/mol. The number of benzene rings is 1. The number of hydrogen-bond donors (Lipinski definition) is 1. The third kappa shape index (κ3) is 3.35. The van der Waals surface area contributed by atoms with Crippen LogP contribution in [0.3, 0.4) is 0 Å². The molecule has 152 valence electrons. The van der Waals surface area contributed by atoms with Crippen LogP contribution in [0.15, 0.2) is 53.6 Å². The van der Waals surface area contributed by atoms with Gasteiger partial charge in [0, 0.05) is 29.5 Å². The topological polar surface area (TPSA) is 57.6 Å². The molecule has 1 amide bonds. The lowest BCUT2D eigenvalue weighted by Gasteiger charge is -2.50. The van der Waals surface area contributed by atoms with Crippen molar-refractivity contribution in [3.63, 3.8) is 0 Å². The van der Waals surface area contributed by atoms with E-state index in [4.69, 9.17) is 5.11 Å². The van der Waals surface area contributed by atoms with E-state index in [1.807, 2.05) is 17.0 Å². The Morgan fingerprint density at radius 1 is 1.03 bits per heavy atom. The molecule has 0 saturated carbocycles. The van der Waals surface area contributed by atoms with E-state index in [0.717, 1.165) is 43.4 Å². The van der Waals surface area contributed by atoms with Crippen LogP contribution in [0.2, 0.25) is 0 Å². The summed E-state index contributed by atoms with van der Waals surface area (Å²) in [6.45, 7) is 8.16. The SMILES string of the molecule is CC1(C)C(c2ccc(C(=O)O)cc2)=CC[C@]2(C)CN(C(=O)C3=CCCC3)CC=C12. The average Bonchev–Trinajstić information content (AvgIpc) is 3.21. The fourth-order valence-electron chi connectivity index (χ4n) is 5.42. The predicted octanol–water partition coefficient (Wildman–Crippen LogP) is 5.08. The molecule has 4 nitrogen and oxygen atoms in total. The second-order valence-electron chi connectivity index (χ2n) is 9.32. The first kappa shape index (κ1) is 19.7. The molecule has 0 spiro atoms. The first-order chi connectivity index (χ1) is 13.7. The average molecular weight is 392 g/mol. The van der Waals surface area contributed by atoms with Crippen molar-refractivity contribution in [3.8, 4) is 0 Å². The molecule has 0 saturated heterocycles. The molecule has 29 heavy (non-hydrogen) atoms. The van der Waals surface area contributed by atoms with Crippen molar-refractivity contribution >= 4 is 17.4 Å². The summed E-state index contributed by atoms with van der Waals surface area (Å²) in [4.78, 5) is 26.1. The van der Waals surface area contributed by atoms with E-state index in [9.17, 15) is 9.59 Å². The summed E-state index contributed by atoms with van der Waals surface area (Å²) < 4.78 is 0. The van der Waals surface area contributed by atoms with E-state index in [1.165, 1.54) is 11.1 Å². The first-order valence-electron chi connectivity index (χ1n) is 10.5. The Morgan fingerprint density at radius 3 is 2.38 bits per heavy atom. The van der Waals surface area contributed by atoms with E-state index in [1.54, 1.807) is 12.1 Å². The number of allylic oxidation sites excluding steroid dienone is 3. The molecule has 1 aliphatic heterocycles.